The summed E-state index contributed by atoms with van der Waals surface area (Å²) in [6.45, 7) is 0. The van der Waals surface area contributed by atoms with E-state index in [9.17, 15) is 4.39 Å². The van der Waals surface area contributed by atoms with Gasteiger partial charge in [-0.25, -0.2) is 14.4 Å². The van der Waals surface area contributed by atoms with Crippen LogP contribution < -0.4 is 0 Å². The molecule has 0 aliphatic rings. The zero-order chi connectivity index (χ0) is 12.3. The lowest BCUT2D eigenvalue weighted by Crippen LogP contribution is -1.98. The highest BCUT2D eigenvalue weighted by Crippen LogP contribution is 2.24. The molecule has 0 radical (unpaired) electrons. The molecular formula is C12H10ClFN2S. The zero-order valence-electron chi connectivity index (χ0n) is 8.90. The summed E-state index contributed by atoms with van der Waals surface area (Å²) in [6, 6.07) is 6.06. The molecule has 0 spiro atoms. The number of halogens is 2. The Kier molecular flexibility index (Phi) is 3.97. The van der Waals surface area contributed by atoms with E-state index in [1.54, 1.807) is 18.3 Å². The molecular weight excluding hydrogens is 259 g/mol. The van der Waals surface area contributed by atoms with Crippen LogP contribution >= 0.6 is 24.2 Å². The molecule has 0 saturated carbocycles. The zero-order valence-corrected chi connectivity index (χ0v) is 10.5. The fourth-order valence-electron chi connectivity index (χ4n) is 1.46. The van der Waals surface area contributed by atoms with E-state index in [4.69, 9.17) is 11.6 Å². The number of aryl methyl sites for hydroxylation is 1. The normalized spacial score (nSPS) is 10.5. The first kappa shape index (κ1) is 12.3. The number of benzene rings is 1. The first-order valence-electron chi connectivity index (χ1n) is 5.09. The molecule has 0 amide bonds. The Morgan fingerprint density at radius 3 is 2.88 bits per heavy atom. The van der Waals surface area contributed by atoms with Gasteiger partial charge in [0.1, 0.15) is 11.6 Å². The summed E-state index contributed by atoms with van der Waals surface area (Å²) in [4.78, 5) is 8.37. The highest BCUT2D eigenvalue weighted by Gasteiger charge is 2.08. The smallest absolute Gasteiger partial charge is 0.132 e. The van der Waals surface area contributed by atoms with Gasteiger partial charge in [0, 0.05) is 23.2 Å². The molecule has 88 valence electrons. The standard InChI is InChI=1S/C12H10ClFN2S/c13-8-1-2-10(14)9(7-8)11-3-5-15-12(16-11)4-6-17/h1-3,5,7,17H,4,6H2. The lowest BCUT2D eigenvalue weighted by molar-refractivity contribution is 0.630. The van der Waals surface area contributed by atoms with Crippen LogP contribution in [0.1, 0.15) is 5.82 Å². The van der Waals surface area contributed by atoms with Crippen molar-refractivity contribution in [2.45, 2.75) is 6.42 Å². The molecule has 0 aliphatic carbocycles. The van der Waals surface area contributed by atoms with Gasteiger partial charge in [0.25, 0.3) is 0 Å². The number of rotatable bonds is 3. The summed E-state index contributed by atoms with van der Waals surface area (Å²) in [6.07, 6.45) is 2.26. The molecule has 0 bridgehead atoms. The Labute approximate surface area is 109 Å². The van der Waals surface area contributed by atoms with Crippen LogP contribution in [-0.2, 0) is 6.42 Å². The SMILES string of the molecule is Fc1ccc(Cl)cc1-c1ccnc(CCS)n1. The largest absolute Gasteiger partial charge is 0.241 e. The fraction of sp³-hybridized carbons (Fsp3) is 0.167. The van der Waals surface area contributed by atoms with Crippen molar-refractivity contribution in [3.63, 3.8) is 0 Å². The highest BCUT2D eigenvalue weighted by molar-refractivity contribution is 7.80. The van der Waals surface area contributed by atoms with E-state index in [1.165, 1.54) is 12.1 Å². The van der Waals surface area contributed by atoms with Gasteiger partial charge >= 0.3 is 0 Å². The minimum atomic E-state index is -0.343. The molecule has 1 aromatic carbocycles. The molecule has 5 heteroatoms. The Morgan fingerprint density at radius 1 is 1.29 bits per heavy atom. The van der Waals surface area contributed by atoms with E-state index >= 15 is 0 Å². The van der Waals surface area contributed by atoms with Crippen LogP contribution in [0.4, 0.5) is 4.39 Å². The van der Waals surface area contributed by atoms with Gasteiger partial charge in [0.15, 0.2) is 0 Å². The molecule has 2 rings (SSSR count). The summed E-state index contributed by atoms with van der Waals surface area (Å²) in [5.41, 5.74) is 0.928. The predicted molar refractivity (Wildman–Crippen MR) is 70.0 cm³/mol. The maximum Gasteiger partial charge on any atom is 0.132 e. The van der Waals surface area contributed by atoms with Crippen LogP contribution in [0.15, 0.2) is 30.5 Å². The topological polar surface area (TPSA) is 25.8 Å². The summed E-state index contributed by atoms with van der Waals surface area (Å²) in [5, 5.41) is 0.482. The quantitative estimate of drug-likeness (QED) is 0.864. The second-order valence-corrected chi connectivity index (χ2v) is 4.34. The first-order valence-corrected chi connectivity index (χ1v) is 6.10. The van der Waals surface area contributed by atoms with E-state index in [1.807, 2.05) is 0 Å². The van der Waals surface area contributed by atoms with Gasteiger partial charge in [-0.1, -0.05) is 11.6 Å². The lowest BCUT2D eigenvalue weighted by Gasteiger charge is -2.04. The second kappa shape index (κ2) is 5.47. The Bertz CT molecular complexity index is 534. The monoisotopic (exact) mass is 268 g/mol. The summed E-state index contributed by atoms with van der Waals surface area (Å²) in [7, 11) is 0. The van der Waals surface area contributed by atoms with E-state index < -0.39 is 0 Å². The predicted octanol–water partition coefficient (Wildman–Crippen LogP) is 3.41. The molecule has 0 aliphatic heterocycles. The lowest BCUT2D eigenvalue weighted by atomic mass is 10.1. The number of hydrogen-bond donors (Lipinski definition) is 1. The number of nitrogens with zero attached hydrogens (tertiary/aromatic N) is 2. The van der Waals surface area contributed by atoms with Crippen molar-refractivity contribution in [1.82, 2.24) is 9.97 Å². The molecule has 1 aromatic heterocycles. The van der Waals surface area contributed by atoms with E-state index in [0.29, 0.717) is 34.3 Å². The summed E-state index contributed by atoms with van der Waals surface area (Å²) in [5.74, 6) is 0.961. The molecule has 0 saturated heterocycles. The third-order valence-electron chi connectivity index (χ3n) is 2.25. The van der Waals surface area contributed by atoms with Crippen LogP contribution in [0, 0.1) is 5.82 Å². The fourth-order valence-corrected chi connectivity index (χ4v) is 1.84. The van der Waals surface area contributed by atoms with Crippen LogP contribution in [-0.4, -0.2) is 15.7 Å². The molecule has 0 unspecified atom stereocenters. The van der Waals surface area contributed by atoms with Crippen molar-refractivity contribution in [2.24, 2.45) is 0 Å². The molecule has 1 heterocycles. The average molecular weight is 269 g/mol. The van der Waals surface area contributed by atoms with Gasteiger partial charge in [-0.15, -0.1) is 0 Å². The van der Waals surface area contributed by atoms with Gasteiger partial charge in [-0.3, -0.25) is 0 Å². The molecule has 0 atom stereocenters. The number of aromatic nitrogens is 2. The van der Waals surface area contributed by atoms with Crippen molar-refractivity contribution >= 4 is 24.2 Å². The minimum absolute atomic E-state index is 0.343. The molecule has 2 aromatic rings. The van der Waals surface area contributed by atoms with Crippen LogP contribution in [0.3, 0.4) is 0 Å². The molecule has 0 N–H and O–H groups in total. The maximum atomic E-state index is 13.6. The van der Waals surface area contributed by atoms with Crippen LogP contribution in [0.25, 0.3) is 11.3 Å². The maximum absolute atomic E-state index is 13.6. The van der Waals surface area contributed by atoms with E-state index in [0.717, 1.165) is 0 Å². The van der Waals surface area contributed by atoms with Crippen LogP contribution in [0.2, 0.25) is 5.02 Å². The van der Waals surface area contributed by atoms with Gasteiger partial charge < -0.3 is 0 Å². The minimum Gasteiger partial charge on any atom is -0.241 e. The van der Waals surface area contributed by atoms with Crippen LogP contribution in [0.5, 0.6) is 0 Å². The van der Waals surface area contributed by atoms with Crippen molar-refractivity contribution in [2.75, 3.05) is 5.75 Å². The van der Waals surface area contributed by atoms with Crippen molar-refractivity contribution in [3.8, 4) is 11.3 Å². The van der Waals surface area contributed by atoms with Gasteiger partial charge in [-0.2, -0.15) is 12.6 Å². The van der Waals surface area contributed by atoms with Gasteiger partial charge in [0.05, 0.1) is 5.69 Å². The molecule has 17 heavy (non-hydrogen) atoms. The summed E-state index contributed by atoms with van der Waals surface area (Å²) < 4.78 is 13.6. The Balaban J connectivity index is 2.45. The van der Waals surface area contributed by atoms with Crippen molar-refractivity contribution in [1.29, 1.82) is 0 Å². The third kappa shape index (κ3) is 2.96. The average Bonchev–Trinajstić information content (AvgIpc) is 2.33. The highest BCUT2D eigenvalue weighted by atomic mass is 35.5. The molecule has 2 nitrogen and oxygen atoms in total. The van der Waals surface area contributed by atoms with Crippen molar-refractivity contribution < 1.29 is 4.39 Å². The summed E-state index contributed by atoms with van der Waals surface area (Å²) >= 11 is 9.96. The third-order valence-corrected chi connectivity index (χ3v) is 2.70. The molecule has 0 fully saturated rings. The van der Waals surface area contributed by atoms with E-state index in [-0.39, 0.29) is 5.82 Å². The second-order valence-electron chi connectivity index (χ2n) is 3.46. The Hall–Kier alpha value is -1.13. The van der Waals surface area contributed by atoms with Crippen molar-refractivity contribution in [3.05, 3.63) is 47.1 Å². The Morgan fingerprint density at radius 2 is 2.12 bits per heavy atom. The van der Waals surface area contributed by atoms with Gasteiger partial charge in [0.2, 0.25) is 0 Å². The first-order chi connectivity index (χ1) is 8.20. The number of hydrogen-bond acceptors (Lipinski definition) is 3. The van der Waals surface area contributed by atoms with E-state index in [2.05, 4.69) is 22.6 Å². The van der Waals surface area contributed by atoms with Gasteiger partial charge in [-0.05, 0) is 30.0 Å². The number of thiol groups is 1.